The second kappa shape index (κ2) is 6.51. The summed E-state index contributed by atoms with van der Waals surface area (Å²) in [5, 5.41) is 1.95. The van der Waals surface area contributed by atoms with Crippen molar-refractivity contribution in [2.75, 3.05) is 6.54 Å². The van der Waals surface area contributed by atoms with Gasteiger partial charge in [-0.05, 0) is 62.1 Å². The molecule has 2 heterocycles. The topological polar surface area (TPSA) is 54.7 Å². The molecule has 4 heteroatoms. The van der Waals surface area contributed by atoms with Crippen molar-refractivity contribution >= 4 is 22.5 Å². The van der Waals surface area contributed by atoms with Crippen LogP contribution in [0.1, 0.15) is 24.0 Å². The number of benzene rings is 1. The number of nitrogens with two attached hydrogens (primary N) is 1. The number of aromatic amines is 1. The number of halogens is 1. The van der Waals surface area contributed by atoms with E-state index in [0.717, 1.165) is 53.0 Å². The molecular formula is C18H20ClN3. The number of fused-ring (bicyclic) bond motifs is 1. The Morgan fingerprint density at radius 1 is 1.14 bits per heavy atom. The number of H-pyrrole nitrogens is 1. The molecule has 0 atom stereocenters. The van der Waals surface area contributed by atoms with Crippen LogP contribution in [0.5, 0.6) is 0 Å². The molecule has 0 bridgehead atoms. The fourth-order valence-electron chi connectivity index (χ4n) is 2.92. The molecule has 3 nitrogen and oxygen atoms in total. The Bertz CT molecular complexity index is 778. The van der Waals surface area contributed by atoms with Crippen LogP contribution in [0.2, 0.25) is 5.02 Å². The van der Waals surface area contributed by atoms with E-state index < -0.39 is 0 Å². The number of hydrogen-bond donors (Lipinski definition) is 2. The van der Waals surface area contributed by atoms with Gasteiger partial charge in [-0.2, -0.15) is 0 Å². The molecule has 0 saturated carbocycles. The first-order valence-corrected chi connectivity index (χ1v) is 8.00. The second-order valence-corrected chi connectivity index (χ2v) is 5.98. The monoisotopic (exact) mass is 313 g/mol. The summed E-state index contributed by atoms with van der Waals surface area (Å²) >= 11 is 6.49. The molecule has 0 spiro atoms. The lowest BCUT2D eigenvalue weighted by Gasteiger charge is -2.06. The van der Waals surface area contributed by atoms with Gasteiger partial charge in [0.15, 0.2) is 0 Å². The first-order valence-electron chi connectivity index (χ1n) is 7.62. The molecule has 0 fully saturated rings. The molecule has 22 heavy (non-hydrogen) atoms. The number of nitrogens with one attached hydrogen (secondary N) is 1. The van der Waals surface area contributed by atoms with E-state index in [1.165, 1.54) is 11.1 Å². The molecule has 0 radical (unpaired) electrons. The van der Waals surface area contributed by atoms with Gasteiger partial charge in [0.05, 0.1) is 10.5 Å². The minimum absolute atomic E-state index is 0.722. The molecule has 3 rings (SSSR count). The van der Waals surface area contributed by atoms with E-state index in [1.54, 1.807) is 0 Å². The van der Waals surface area contributed by atoms with Gasteiger partial charge in [-0.3, -0.25) is 4.98 Å². The molecule has 0 aliphatic rings. The smallest absolute Gasteiger partial charge is 0.0506 e. The molecule has 0 aliphatic heterocycles. The Hall–Kier alpha value is -1.84. The largest absolute Gasteiger partial charge is 0.354 e. The van der Waals surface area contributed by atoms with E-state index in [0.29, 0.717) is 0 Å². The number of pyridine rings is 1. The summed E-state index contributed by atoms with van der Waals surface area (Å²) in [6.45, 7) is 2.83. The van der Waals surface area contributed by atoms with Crippen LogP contribution in [0, 0.1) is 6.92 Å². The van der Waals surface area contributed by atoms with Crippen LogP contribution in [-0.2, 0) is 6.42 Å². The highest BCUT2D eigenvalue weighted by Gasteiger charge is 2.16. The Labute approximate surface area is 135 Å². The Morgan fingerprint density at radius 2 is 1.91 bits per heavy atom. The first-order chi connectivity index (χ1) is 10.7. The van der Waals surface area contributed by atoms with Crippen molar-refractivity contribution < 1.29 is 0 Å². The zero-order chi connectivity index (χ0) is 15.5. The fraction of sp³-hybridized carbons (Fsp3) is 0.278. The summed E-state index contributed by atoms with van der Waals surface area (Å²) in [6, 6.07) is 8.09. The number of aryl methyl sites for hydroxylation is 2. The summed E-state index contributed by atoms with van der Waals surface area (Å²) in [4.78, 5) is 7.68. The quantitative estimate of drug-likeness (QED) is 0.683. The zero-order valence-corrected chi connectivity index (χ0v) is 13.5. The Kier molecular flexibility index (Phi) is 4.46. The lowest BCUT2D eigenvalue weighted by molar-refractivity contribution is 0.748. The standard InChI is InChI=1S/C18H20ClN3/c1-12-5-6-15(19)16-14(4-2-3-9-20)18(22-17(12)16)13-7-10-21-11-8-13/h5-8,10-11,22H,2-4,9,20H2,1H3. The predicted octanol–water partition coefficient (Wildman–Crippen LogP) is 4.47. The van der Waals surface area contributed by atoms with E-state index >= 15 is 0 Å². The Morgan fingerprint density at radius 3 is 2.64 bits per heavy atom. The summed E-state index contributed by atoms with van der Waals surface area (Å²) in [5.74, 6) is 0. The van der Waals surface area contributed by atoms with E-state index in [-0.39, 0.29) is 0 Å². The van der Waals surface area contributed by atoms with Crippen molar-refractivity contribution in [1.29, 1.82) is 0 Å². The number of unbranched alkanes of at least 4 members (excludes halogenated alkanes) is 1. The van der Waals surface area contributed by atoms with Crippen molar-refractivity contribution in [1.82, 2.24) is 9.97 Å². The third-order valence-corrected chi connectivity index (χ3v) is 4.38. The van der Waals surface area contributed by atoms with Gasteiger partial charge in [-0.1, -0.05) is 17.7 Å². The maximum atomic E-state index is 6.49. The maximum Gasteiger partial charge on any atom is 0.0506 e. The molecule has 0 unspecified atom stereocenters. The molecule has 0 aliphatic carbocycles. The summed E-state index contributed by atoms with van der Waals surface area (Å²) < 4.78 is 0. The van der Waals surface area contributed by atoms with Crippen LogP contribution in [-0.4, -0.2) is 16.5 Å². The lowest BCUT2D eigenvalue weighted by atomic mass is 10.00. The molecule has 1 aromatic carbocycles. The number of rotatable bonds is 5. The minimum atomic E-state index is 0.722. The minimum Gasteiger partial charge on any atom is -0.354 e. The van der Waals surface area contributed by atoms with Crippen LogP contribution < -0.4 is 5.73 Å². The van der Waals surface area contributed by atoms with Crippen molar-refractivity contribution in [3.8, 4) is 11.3 Å². The Balaban J connectivity index is 2.19. The van der Waals surface area contributed by atoms with Crippen LogP contribution >= 0.6 is 11.6 Å². The number of aromatic nitrogens is 2. The maximum absolute atomic E-state index is 6.49. The molecule has 3 aromatic rings. The summed E-state index contributed by atoms with van der Waals surface area (Å²) in [5.41, 5.74) is 11.5. The van der Waals surface area contributed by atoms with E-state index in [9.17, 15) is 0 Å². The average molecular weight is 314 g/mol. The van der Waals surface area contributed by atoms with Gasteiger partial charge >= 0.3 is 0 Å². The SMILES string of the molecule is Cc1ccc(Cl)c2c(CCCCN)c(-c3ccncc3)[nH]c12. The van der Waals surface area contributed by atoms with E-state index in [2.05, 4.69) is 23.0 Å². The fourth-order valence-corrected chi connectivity index (χ4v) is 3.20. The normalized spacial score (nSPS) is 11.2. The summed E-state index contributed by atoms with van der Waals surface area (Å²) in [7, 11) is 0. The van der Waals surface area contributed by atoms with Crippen molar-refractivity contribution in [2.45, 2.75) is 26.2 Å². The van der Waals surface area contributed by atoms with Gasteiger partial charge < -0.3 is 10.7 Å². The van der Waals surface area contributed by atoms with Gasteiger partial charge in [0.25, 0.3) is 0 Å². The zero-order valence-electron chi connectivity index (χ0n) is 12.7. The number of nitrogens with zero attached hydrogens (tertiary/aromatic N) is 1. The van der Waals surface area contributed by atoms with Crippen molar-refractivity contribution in [3.05, 3.63) is 52.8 Å². The predicted molar refractivity (Wildman–Crippen MR) is 93.3 cm³/mol. The highest BCUT2D eigenvalue weighted by molar-refractivity contribution is 6.36. The first kappa shape index (κ1) is 15.1. The van der Waals surface area contributed by atoms with Gasteiger partial charge in [0, 0.05) is 29.0 Å². The van der Waals surface area contributed by atoms with Crippen LogP contribution in [0.4, 0.5) is 0 Å². The van der Waals surface area contributed by atoms with Crippen LogP contribution in [0.15, 0.2) is 36.7 Å². The van der Waals surface area contributed by atoms with E-state index in [4.69, 9.17) is 17.3 Å². The molecule has 0 saturated heterocycles. The molecule has 3 N–H and O–H groups in total. The highest BCUT2D eigenvalue weighted by Crippen LogP contribution is 2.36. The second-order valence-electron chi connectivity index (χ2n) is 5.57. The van der Waals surface area contributed by atoms with Crippen LogP contribution in [0.3, 0.4) is 0 Å². The number of hydrogen-bond acceptors (Lipinski definition) is 2. The lowest BCUT2D eigenvalue weighted by Crippen LogP contribution is -1.99. The van der Waals surface area contributed by atoms with Gasteiger partial charge in [0.1, 0.15) is 0 Å². The third kappa shape index (κ3) is 2.74. The van der Waals surface area contributed by atoms with Crippen molar-refractivity contribution in [2.24, 2.45) is 5.73 Å². The van der Waals surface area contributed by atoms with Gasteiger partial charge in [-0.25, -0.2) is 0 Å². The van der Waals surface area contributed by atoms with Crippen molar-refractivity contribution in [3.63, 3.8) is 0 Å². The highest BCUT2D eigenvalue weighted by atomic mass is 35.5. The van der Waals surface area contributed by atoms with E-state index in [1.807, 2.05) is 30.6 Å². The molecule has 0 amide bonds. The third-order valence-electron chi connectivity index (χ3n) is 4.07. The van der Waals surface area contributed by atoms with Gasteiger partial charge in [0.2, 0.25) is 0 Å². The molecular weight excluding hydrogens is 294 g/mol. The summed E-state index contributed by atoms with van der Waals surface area (Å²) in [6.07, 6.45) is 6.69. The molecule has 2 aromatic heterocycles. The van der Waals surface area contributed by atoms with Crippen LogP contribution in [0.25, 0.3) is 22.2 Å². The average Bonchev–Trinajstić information content (AvgIpc) is 2.93. The van der Waals surface area contributed by atoms with Gasteiger partial charge in [-0.15, -0.1) is 0 Å². The molecule has 114 valence electrons.